The van der Waals surface area contributed by atoms with Crippen molar-refractivity contribution < 1.29 is 13.5 Å². The van der Waals surface area contributed by atoms with Crippen molar-refractivity contribution in [3.63, 3.8) is 0 Å². The molecule has 0 aliphatic heterocycles. The van der Waals surface area contributed by atoms with Crippen LogP contribution in [-0.2, 0) is 12.5 Å². The number of hydrogen-bond acceptors (Lipinski definition) is 2. The molecular formula is C25H29F2NO. The first-order valence-electron chi connectivity index (χ1n) is 10.7. The molecule has 154 valence electrons. The highest BCUT2D eigenvalue weighted by atomic mass is 19.3. The monoisotopic (exact) mass is 397 g/mol. The van der Waals surface area contributed by atoms with Gasteiger partial charge in [-0.05, 0) is 66.6 Å². The van der Waals surface area contributed by atoms with Gasteiger partial charge in [-0.15, -0.1) is 0 Å². The summed E-state index contributed by atoms with van der Waals surface area (Å²) in [5.74, 6) is 1.72. The van der Waals surface area contributed by atoms with Crippen molar-refractivity contribution in [2.75, 3.05) is 0 Å². The Kier molecular flexibility index (Phi) is 7.25. The number of alkyl halides is 2. The van der Waals surface area contributed by atoms with E-state index in [0.717, 1.165) is 30.2 Å². The minimum atomic E-state index is -3.41. The van der Waals surface area contributed by atoms with Gasteiger partial charge >= 0.3 is 6.11 Å². The minimum absolute atomic E-state index is 0.0387. The lowest BCUT2D eigenvalue weighted by molar-refractivity contribution is -0.185. The Balaban J connectivity index is 1.51. The summed E-state index contributed by atoms with van der Waals surface area (Å²) in [5.41, 5.74) is 1.34. The van der Waals surface area contributed by atoms with E-state index in [1.165, 1.54) is 74.9 Å². The Morgan fingerprint density at radius 1 is 0.931 bits per heavy atom. The van der Waals surface area contributed by atoms with Gasteiger partial charge in [-0.1, -0.05) is 57.6 Å². The molecule has 4 heteroatoms. The highest BCUT2D eigenvalue weighted by molar-refractivity contribution is 5.35. The number of benzene rings is 2. The highest BCUT2D eigenvalue weighted by Crippen LogP contribution is 2.35. The molecule has 0 bridgehead atoms. The van der Waals surface area contributed by atoms with E-state index in [4.69, 9.17) is 10.00 Å². The average molecular weight is 398 g/mol. The molecule has 1 fully saturated rings. The molecule has 0 amide bonds. The summed E-state index contributed by atoms with van der Waals surface area (Å²) in [4.78, 5) is 0. The molecule has 0 radical (unpaired) electrons. The molecule has 0 unspecified atom stereocenters. The van der Waals surface area contributed by atoms with Crippen molar-refractivity contribution >= 4 is 0 Å². The smallest absolute Gasteiger partial charge is 0.426 e. The van der Waals surface area contributed by atoms with Gasteiger partial charge in [-0.25, -0.2) is 0 Å². The largest absolute Gasteiger partial charge is 0.429 e. The number of nitriles is 1. The second kappa shape index (κ2) is 9.87. The molecule has 1 saturated carbocycles. The van der Waals surface area contributed by atoms with Gasteiger partial charge in [0.15, 0.2) is 0 Å². The molecule has 2 aromatic rings. The van der Waals surface area contributed by atoms with Gasteiger partial charge in [0.2, 0.25) is 0 Å². The number of rotatable bonds is 8. The van der Waals surface area contributed by atoms with Crippen LogP contribution in [0.4, 0.5) is 8.78 Å². The third-order valence-corrected chi connectivity index (χ3v) is 6.02. The molecule has 0 heterocycles. The zero-order valence-electron chi connectivity index (χ0n) is 17.0. The number of ether oxygens (including phenoxy) is 1. The molecule has 1 aliphatic carbocycles. The number of hydrogen-bond donors (Lipinski definition) is 0. The Hall–Kier alpha value is -2.41. The van der Waals surface area contributed by atoms with E-state index >= 15 is 0 Å². The van der Waals surface area contributed by atoms with Crippen molar-refractivity contribution in [1.82, 2.24) is 0 Å². The van der Waals surface area contributed by atoms with E-state index in [-0.39, 0.29) is 11.3 Å². The number of nitrogens with zero attached hydrogens (tertiary/aromatic N) is 1. The third kappa shape index (κ3) is 6.03. The Morgan fingerprint density at radius 2 is 1.52 bits per heavy atom. The van der Waals surface area contributed by atoms with Crippen molar-refractivity contribution in [3.8, 4) is 11.8 Å². The van der Waals surface area contributed by atoms with Crippen LogP contribution in [0.5, 0.6) is 5.75 Å². The van der Waals surface area contributed by atoms with Crippen LogP contribution in [0.25, 0.3) is 0 Å². The molecule has 0 saturated heterocycles. The molecule has 29 heavy (non-hydrogen) atoms. The lowest BCUT2D eigenvalue weighted by Crippen LogP contribution is -2.21. The summed E-state index contributed by atoms with van der Waals surface area (Å²) < 4.78 is 33.8. The summed E-state index contributed by atoms with van der Waals surface area (Å²) in [6.45, 7) is 2.26. The van der Waals surface area contributed by atoms with Gasteiger partial charge in [0.1, 0.15) is 5.75 Å². The Labute approximate surface area is 172 Å². The molecule has 2 nitrogen and oxygen atoms in total. The van der Waals surface area contributed by atoms with Crippen molar-refractivity contribution in [2.45, 2.75) is 64.4 Å². The molecule has 0 N–H and O–H groups in total. The number of aryl methyl sites for hydroxylation is 1. The molecule has 0 atom stereocenters. The predicted octanol–water partition coefficient (Wildman–Crippen LogP) is 7.23. The van der Waals surface area contributed by atoms with Crippen LogP contribution in [0.3, 0.4) is 0 Å². The fourth-order valence-corrected chi connectivity index (χ4v) is 4.26. The lowest BCUT2D eigenvalue weighted by Gasteiger charge is -2.28. The van der Waals surface area contributed by atoms with Crippen LogP contribution in [0.2, 0.25) is 0 Å². The van der Waals surface area contributed by atoms with E-state index < -0.39 is 6.11 Å². The van der Waals surface area contributed by atoms with Crippen LogP contribution in [0, 0.1) is 23.2 Å². The van der Waals surface area contributed by atoms with Crippen molar-refractivity contribution in [2.24, 2.45) is 11.8 Å². The van der Waals surface area contributed by atoms with Gasteiger partial charge in [0.05, 0.1) is 17.2 Å². The molecule has 3 rings (SSSR count). The average Bonchev–Trinajstić information content (AvgIpc) is 2.74. The zero-order valence-corrected chi connectivity index (χ0v) is 17.0. The summed E-state index contributed by atoms with van der Waals surface area (Å²) in [7, 11) is 0. The molecular weight excluding hydrogens is 368 g/mol. The first kappa shape index (κ1) is 21.3. The van der Waals surface area contributed by atoms with Crippen LogP contribution in [0.1, 0.15) is 68.6 Å². The van der Waals surface area contributed by atoms with Crippen LogP contribution in [-0.4, -0.2) is 0 Å². The summed E-state index contributed by atoms with van der Waals surface area (Å²) in [5, 5.41) is 8.79. The van der Waals surface area contributed by atoms with Gasteiger partial charge < -0.3 is 4.74 Å². The molecule has 1 aliphatic rings. The Bertz CT molecular complexity index is 800. The van der Waals surface area contributed by atoms with Gasteiger partial charge in [-0.3, -0.25) is 0 Å². The van der Waals surface area contributed by atoms with Gasteiger partial charge in [0.25, 0.3) is 0 Å². The summed E-state index contributed by atoms with van der Waals surface area (Å²) in [6.07, 6.45) is 6.59. The third-order valence-electron chi connectivity index (χ3n) is 6.02. The summed E-state index contributed by atoms with van der Waals surface area (Å²) >= 11 is 0. The zero-order chi connectivity index (χ0) is 20.7. The second-order valence-corrected chi connectivity index (χ2v) is 8.17. The van der Waals surface area contributed by atoms with Crippen LogP contribution >= 0.6 is 0 Å². The van der Waals surface area contributed by atoms with E-state index in [1.807, 2.05) is 6.07 Å². The van der Waals surface area contributed by atoms with Gasteiger partial charge in [0, 0.05) is 0 Å². The summed E-state index contributed by atoms with van der Waals surface area (Å²) in [6, 6.07) is 14.1. The van der Waals surface area contributed by atoms with Crippen molar-refractivity contribution in [3.05, 3.63) is 65.2 Å². The van der Waals surface area contributed by atoms with Crippen LogP contribution < -0.4 is 4.74 Å². The second-order valence-electron chi connectivity index (χ2n) is 8.17. The minimum Gasteiger partial charge on any atom is -0.429 e. The van der Waals surface area contributed by atoms with Crippen molar-refractivity contribution in [1.29, 1.82) is 5.26 Å². The van der Waals surface area contributed by atoms with E-state index in [1.54, 1.807) is 12.1 Å². The normalized spacial score (nSPS) is 19.5. The number of halogens is 2. The maximum Gasteiger partial charge on any atom is 0.426 e. The van der Waals surface area contributed by atoms with Gasteiger partial charge in [-0.2, -0.15) is 14.0 Å². The SMILES string of the molecule is CCCC1CCC(CCc2ccc(C(F)(F)Oc3ccc(C#N)cc3)cc2)CC1. The fraction of sp³-hybridized carbons (Fsp3) is 0.480. The maximum absolute atomic E-state index is 14.4. The quantitative estimate of drug-likeness (QED) is 0.471. The standard InChI is InChI=1S/C25H29F2NO/c1-2-3-19-4-6-20(7-5-19)8-9-21-10-14-23(15-11-21)25(26,27)29-24-16-12-22(18-28)13-17-24/h10-17,19-20H,2-9H2,1H3. The lowest BCUT2D eigenvalue weighted by atomic mass is 9.78. The maximum atomic E-state index is 14.4. The van der Waals surface area contributed by atoms with E-state index in [9.17, 15) is 8.78 Å². The molecule has 0 aromatic heterocycles. The first-order chi connectivity index (χ1) is 14.0. The fourth-order valence-electron chi connectivity index (χ4n) is 4.26. The topological polar surface area (TPSA) is 33.0 Å². The molecule has 0 spiro atoms. The molecule has 2 aromatic carbocycles. The van der Waals surface area contributed by atoms with E-state index in [2.05, 4.69) is 6.92 Å². The van der Waals surface area contributed by atoms with Crippen LogP contribution in [0.15, 0.2) is 48.5 Å². The Morgan fingerprint density at radius 3 is 2.07 bits per heavy atom. The predicted molar refractivity (Wildman–Crippen MR) is 111 cm³/mol. The van der Waals surface area contributed by atoms with E-state index in [0.29, 0.717) is 5.56 Å². The highest BCUT2D eigenvalue weighted by Gasteiger charge is 2.34. The first-order valence-corrected chi connectivity index (χ1v) is 10.7.